The molecule has 3 saturated carbocycles. The van der Waals surface area contributed by atoms with E-state index in [1.54, 1.807) is 5.57 Å². The molecule has 1 N–H and O–H groups in total. The summed E-state index contributed by atoms with van der Waals surface area (Å²) in [5.41, 5.74) is 3.73. The Morgan fingerprint density at radius 3 is 2.59 bits per heavy atom. The van der Waals surface area contributed by atoms with Crippen molar-refractivity contribution in [1.82, 2.24) is 0 Å². The number of thioether (sulfide) groups is 1. The van der Waals surface area contributed by atoms with E-state index < -0.39 is 4.93 Å². The van der Waals surface area contributed by atoms with Gasteiger partial charge in [0.2, 0.25) is 0 Å². The van der Waals surface area contributed by atoms with Crippen LogP contribution in [0.1, 0.15) is 107 Å². The zero-order valence-corrected chi connectivity index (χ0v) is 23.2. The predicted molar refractivity (Wildman–Crippen MR) is 145 cm³/mol. The van der Waals surface area contributed by atoms with Crippen molar-refractivity contribution in [2.24, 2.45) is 40.9 Å². The number of aliphatic hydroxyl groups is 1. The van der Waals surface area contributed by atoms with Crippen molar-refractivity contribution >= 4 is 11.8 Å². The average molecular weight is 461 g/mol. The van der Waals surface area contributed by atoms with Crippen LogP contribution in [0.15, 0.2) is 35.3 Å². The van der Waals surface area contributed by atoms with Crippen LogP contribution in [0.5, 0.6) is 0 Å². The number of hydrogen-bond donors (Lipinski definition) is 1. The maximum atomic E-state index is 9.99. The summed E-state index contributed by atoms with van der Waals surface area (Å²) >= 11 is 1.53. The molecule has 0 aromatic heterocycles. The molecule has 184 valence electrons. The van der Waals surface area contributed by atoms with Crippen LogP contribution in [-0.4, -0.2) is 10.0 Å². The summed E-state index contributed by atoms with van der Waals surface area (Å²) in [5.74, 6) is 4.38. The van der Waals surface area contributed by atoms with E-state index in [2.05, 4.69) is 51.8 Å². The molecular formula is C30H52OS. The van der Waals surface area contributed by atoms with Crippen molar-refractivity contribution in [2.75, 3.05) is 0 Å². The maximum Gasteiger partial charge on any atom is 0.108 e. The van der Waals surface area contributed by atoms with Crippen LogP contribution in [0.2, 0.25) is 0 Å². The van der Waals surface area contributed by atoms with Crippen LogP contribution in [0.3, 0.4) is 0 Å². The molecule has 0 bridgehead atoms. The quantitative estimate of drug-likeness (QED) is 0.301. The average Bonchev–Trinajstić information content (AvgIpc) is 3.23. The zero-order chi connectivity index (χ0) is 24.1. The number of allylic oxidation sites excluding steroid dienone is 4. The molecule has 0 heterocycles. The summed E-state index contributed by atoms with van der Waals surface area (Å²) in [6.45, 7) is 21.9. The minimum atomic E-state index is -0.683. The largest absolute Gasteiger partial charge is 0.380 e. The van der Waals surface area contributed by atoms with Gasteiger partial charge in [-0.3, -0.25) is 0 Å². The molecule has 0 amide bonds. The fraction of sp³-hybridized carbons (Fsp3) is 0.800. The van der Waals surface area contributed by atoms with E-state index in [-0.39, 0.29) is 0 Å². The Morgan fingerprint density at radius 1 is 1.28 bits per heavy atom. The highest BCUT2D eigenvalue weighted by Crippen LogP contribution is 2.60. The van der Waals surface area contributed by atoms with Gasteiger partial charge >= 0.3 is 0 Å². The van der Waals surface area contributed by atoms with Crippen molar-refractivity contribution in [3.05, 3.63) is 35.3 Å². The molecule has 7 unspecified atom stereocenters. The molecule has 1 nitrogen and oxygen atoms in total. The highest BCUT2D eigenvalue weighted by Gasteiger charge is 2.50. The molecule has 0 aromatic rings. The van der Waals surface area contributed by atoms with Gasteiger partial charge in [-0.2, -0.15) is 0 Å². The van der Waals surface area contributed by atoms with Gasteiger partial charge in [-0.25, -0.2) is 0 Å². The summed E-state index contributed by atoms with van der Waals surface area (Å²) in [5, 5.41) is 12.1. The Hall–Kier alpha value is -0.470. The van der Waals surface area contributed by atoms with Crippen LogP contribution in [0.25, 0.3) is 0 Å². The van der Waals surface area contributed by atoms with Crippen LogP contribution < -0.4 is 0 Å². The standard InChI is InChI=1S/C28H46OS.C2H6/c1-8-22-18-20(3)21(4)24(22)12-11-23-10-9-16-28(7)25(13-14-26(23)28)19(2)15-17-30-27(5,6)29;1-2/h11,15,17,19-20,22,24-26,29H,4,8-10,12-14,16,18H2,1-3,5-7H3;1-2H3/b17-15+,23-11+;. The van der Waals surface area contributed by atoms with E-state index in [4.69, 9.17) is 0 Å². The Morgan fingerprint density at radius 2 is 1.97 bits per heavy atom. The second-order valence-corrected chi connectivity index (χ2v) is 12.9. The Balaban J connectivity index is 0.00000176. The van der Waals surface area contributed by atoms with E-state index in [0.717, 1.165) is 17.8 Å². The third-order valence-electron chi connectivity index (χ3n) is 8.90. The summed E-state index contributed by atoms with van der Waals surface area (Å²) < 4.78 is 0. The van der Waals surface area contributed by atoms with Crippen molar-refractivity contribution in [3.63, 3.8) is 0 Å². The normalized spacial score (nSPS) is 37.5. The van der Waals surface area contributed by atoms with Crippen LogP contribution in [-0.2, 0) is 0 Å². The lowest BCUT2D eigenvalue weighted by Gasteiger charge is -2.44. The molecule has 0 saturated heterocycles. The highest BCUT2D eigenvalue weighted by atomic mass is 32.2. The first-order valence-corrected chi connectivity index (χ1v) is 14.4. The number of rotatable bonds is 7. The summed E-state index contributed by atoms with van der Waals surface area (Å²) in [6, 6.07) is 0. The first kappa shape index (κ1) is 27.8. The minimum Gasteiger partial charge on any atom is -0.380 e. The van der Waals surface area contributed by atoms with Crippen LogP contribution >= 0.6 is 11.8 Å². The predicted octanol–water partition coefficient (Wildman–Crippen LogP) is 9.40. The molecule has 32 heavy (non-hydrogen) atoms. The number of fused-ring (bicyclic) bond motifs is 1. The second kappa shape index (κ2) is 11.8. The van der Waals surface area contributed by atoms with Crippen molar-refractivity contribution < 1.29 is 5.11 Å². The molecule has 3 fully saturated rings. The molecule has 3 aliphatic rings. The topological polar surface area (TPSA) is 20.2 Å². The Kier molecular flexibility index (Phi) is 10.2. The van der Waals surface area contributed by atoms with E-state index in [1.165, 1.54) is 68.7 Å². The van der Waals surface area contributed by atoms with Gasteiger partial charge in [0.1, 0.15) is 4.93 Å². The van der Waals surface area contributed by atoms with Gasteiger partial charge < -0.3 is 5.11 Å². The lowest BCUT2D eigenvalue weighted by molar-refractivity contribution is 0.112. The van der Waals surface area contributed by atoms with Gasteiger partial charge in [-0.1, -0.05) is 77.8 Å². The second-order valence-electron chi connectivity index (χ2n) is 11.3. The van der Waals surface area contributed by atoms with Gasteiger partial charge in [-0.05, 0) is 105 Å². The lowest BCUT2D eigenvalue weighted by atomic mass is 9.61. The van der Waals surface area contributed by atoms with E-state index in [9.17, 15) is 5.11 Å². The van der Waals surface area contributed by atoms with E-state index in [1.807, 2.05) is 27.7 Å². The Labute approximate surface area is 204 Å². The van der Waals surface area contributed by atoms with Crippen molar-refractivity contribution in [1.29, 1.82) is 0 Å². The molecule has 3 aliphatic carbocycles. The third-order valence-corrected chi connectivity index (χ3v) is 9.77. The fourth-order valence-electron chi connectivity index (χ4n) is 7.16. The van der Waals surface area contributed by atoms with Crippen molar-refractivity contribution in [3.8, 4) is 0 Å². The Bertz CT molecular complexity index is 669. The molecule has 2 heteroatoms. The smallest absolute Gasteiger partial charge is 0.108 e. The first-order valence-electron chi connectivity index (χ1n) is 13.5. The molecule has 0 aliphatic heterocycles. The molecule has 0 spiro atoms. The van der Waals surface area contributed by atoms with Gasteiger partial charge in [0.25, 0.3) is 0 Å². The van der Waals surface area contributed by atoms with Gasteiger partial charge in [0, 0.05) is 0 Å². The fourth-order valence-corrected chi connectivity index (χ4v) is 7.82. The molecule has 0 aromatic carbocycles. The number of hydrogen-bond acceptors (Lipinski definition) is 2. The van der Waals surface area contributed by atoms with Gasteiger partial charge in [0.05, 0.1) is 0 Å². The lowest BCUT2D eigenvalue weighted by Crippen LogP contribution is -2.35. The third kappa shape index (κ3) is 6.35. The molecule has 7 atom stereocenters. The van der Waals surface area contributed by atoms with Crippen LogP contribution in [0, 0.1) is 40.9 Å². The molecule has 0 radical (unpaired) electrons. The first-order chi connectivity index (χ1) is 15.1. The maximum absolute atomic E-state index is 9.99. The van der Waals surface area contributed by atoms with E-state index in [0.29, 0.717) is 23.2 Å². The molecule has 3 rings (SSSR count). The zero-order valence-electron chi connectivity index (χ0n) is 22.4. The summed E-state index contributed by atoms with van der Waals surface area (Å²) in [7, 11) is 0. The monoisotopic (exact) mass is 460 g/mol. The van der Waals surface area contributed by atoms with Gasteiger partial charge in [0.15, 0.2) is 0 Å². The van der Waals surface area contributed by atoms with Crippen LogP contribution in [0.4, 0.5) is 0 Å². The van der Waals surface area contributed by atoms with Crippen molar-refractivity contribution in [2.45, 2.75) is 112 Å². The minimum absolute atomic E-state index is 0.442. The summed E-state index contributed by atoms with van der Waals surface area (Å²) in [6.07, 6.45) is 15.7. The summed E-state index contributed by atoms with van der Waals surface area (Å²) in [4.78, 5) is -0.683. The highest BCUT2D eigenvalue weighted by molar-refractivity contribution is 8.03. The van der Waals surface area contributed by atoms with Gasteiger partial charge in [-0.15, -0.1) is 11.8 Å². The van der Waals surface area contributed by atoms with E-state index >= 15 is 0 Å². The SMILES string of the molecule is C=C1C(C)CC(CC)C1C/C=C1\CCCC2(C)C1CCC2C(C)/C=C/SC(C)(C)O.CC. The molecular weight excluding hydrogens is 408 g/mol.